The van der Waals surface area contributed by atoms with Crippen LogP contribution in [0.2, 0.25) is 0 Å². The van der Waals surface area contributed by atoms with E-state index in [-0.39, 0.29) is 6.29 Å². The first-order chi connectivity index (χ1) is 8.33. The first kappa shape index (κ1) is 11.9. The SMILES string of the molecule is COC(COc1ccc2ccccc2c1)OC. The molecule has 0 aliphatic heterocycles. The minimum atomic E-state index is -0.332. The van der Waals surface area contributed by atoms with Crippen LogP contribution >= 0.6 is 0 Å². The highest BCUT2D eigenvalue weighted by Gasteiger charge is 2.05. The zero-order valence-corrected chi connectivity index (χ0v) is 10.1. The van der Waals surface area contributed by atoms with Gasteiger partial charge in [0.2, 0.25) is 0 Å². The van der Waals surface area contributed by atoms with Gasteiger partial charge in [-0.2, -0.15) is 0 Å². The molecule has 3 nitrogen and oxygen atoms in total. The van der Waals surface area contributed by atoms with Gasteiger partial charge in [-0.15, -0.1) is 0 Å². The lowest BCUT2D eigenvalue weighted by atomic mass is 10.1. The summed E-state index contributed by atoms with van der Waals surface area (Å²) in [6.45, 7) is 0.380. The highest BCUT2D eigenvalue weighted by atomic mass is 16.7. The molecule has 0 heterocycles. The summed E-state index contributed by atoms with van der Waals surface area (Å²) in [5.41, 5.74) is 0. The molecule has 0 unspecified atom stereocenters. The van der Waals surface area contributed by atoms with Gasteiger partial charge >= 0.3 is 0 Å². The molecule has 0 aliphatic rings. The minimum absolute atomic E-state index is 0.332. The van der Waals surface area contributed by atoms with Gasteiger partial charge < -0.3 is 14.2 Å². The summed E-state index contributed by atoms with van der Waals surface area (Å²) in [6.07, 6.45) is -0.332. The Kier molecular flexibility index (Phi) is 3.96. The molecule has 2 aromatic carbocycles. The number of ether oxygens (including phenoxy) is 3. The van der Waals surface area contributed by atoms with Crippen molar-refractivity contribution in [3.8, 4) is 5.75 Å². The Balaban J connectivity index is 2.09. The summed E-state index contributed by atoms with van der Waals surface area (Å²) in [5.74, 6) is 0.822. The molecular formula is C14H16O3. The molecule has 2 aromatic rings. The van der Waals surface area contributed by atoms with Crippen LogP contribution < -0.4 is 4.74 Å². The van der Waals surface area contributed by atoms with Gasteiger partial charge in [-0.3, -0.25) is 0 Å². The van der Waals surface area contributed by atoms with E-state index in [1.54, 1.807) is 14.2 Å². The number of hydrogen-bond acceptors (Lipinski definition) is 3. The third kappa shape index (κ3) is 2.96. The fourth-order valence-corrected chi connectivity index (χ4v) is 1.65. The van der Waals surface area contributed by atoms with E-state index >= 15 is 0 Å². The molecule has 0 bridgehead atoms. The molecule has 2 rings (SSSR count). The maximum atomic E-state index is 5.61. The monoisotopic (exact) mass is 232 g/mol. The number of methoxy groups -OCH3 is 2. The molecule has 0 amide bonds. The number of fused-ring (bicyclic) bond motifs is 1. The number of hydrogen-bond donors (Lipinski definition) is 0. The van der Waals surface area contributed by atoms with E-state index in [1.807, 2.05) is 30.3 Å². The van der Waals surface area contributed by atoms with Crippen molar-refractivity contribution in [2.24, 2.45) is 0 Å². The lowest BCUT2D eigenvalue weighted by molar-refractivity contribution is -0.121. The van der Waals surface area contributed by atoms with Crippen molar-refractivity contribution in [2.45, 2.75) is 6.29 Å². The van der Waals surface area contributed by atoms with Gasteiger partial charge in [-0.05, 0) is 22.9 Å². The zero-order valence-electron chi connectivity index (χ0n) is 10.1. The number of benzene rings is 2. The van der Waals surface area contributed by atoms with Crippen molar-refractivity contribution in [1.82, 2.24) is 0 Å². The molecular weight excluding hydrogens is 216 g/mol. The van der Waals surface area contributed by atoms with Gasteiger partial charge in [0, 0.05) is 14.2 Å². The fraction of sp³-hybridized carbons (Fsp3) is 0.286. The quantitative estimate of drug-likeness (QED) is 0.742. The molecule has 0 aliphatic carbocycles. The van der Waals surface area contributed by atoms with Crippen LogP contribution in [0.5, 0.6) is 5.75 Å². The van der Waals surface area contributed by atoms with Gasteiger partial charge in [0.25, 0.3) is 0 Å². The average Bonchev–Trinajstić information content (AvgIpc) is 2.40. The van der Waals surface area contributed by atoms with Crippen molar-refractivity contribution in [3.63, 3.8) is 0 Å². The van der Waals surface area contributed by atoms with Crippen LogP contribution in [0.15, 0.2) is 42.5 Å². The molecule has 3 heteroatoms. The number of rotatable bonds is 5. The van der Waals surface area contributed by atoms with Crippen LogP contribution in [0.4, 0.5) is 0 Å². The van der Waals surface area contributed by atoms with Gasteiger partial charge in [-0.25, -0.2) is 0 Å². The Morgan fingerprint density at radius 2 is 1.65 bits per heavy atom. The van der Waals surface area contributed by atoms with Crippen LogP contribution in [0, 0.1) is 0 Å². The van der Waals surface area contributed by atoms with E-state index in [1.165, 1.54) is 5.39 Å². The van der Waals surface area contributed by atoms with Crippen molar-refractivity contribution >= 4 is 10.8 Å². The van der Waals surface area contributed by atoms with Gasteiger partial charge in [0.05, 0.1) is 0 Å². The summed E-state index contributed by atoms with van der Waals surface area (Å²) in [7, 11) is 3.19. The Labute approximate surface area is 101 Å². The van der Waals surface area contributed by atoms with Crippen LogP contribution in [0.1, 0.15) is 0 Å². The summed E-state index contributed by atoms with van der Waals surface area (Å²) < 4.78 is 15.7. The molecule has 0 atom stereocenters. The van der Waals surface area contributed by atoms with E-state index < -0.39 is 0 Å². The first-order valence-corrected chi connectivity index (χ1v) is 5.50. The van der Waals surface area contributed by atoms with Crippen molar-refractivity contribution in [2.75, 3.05) is 20.8 Å². The van der Waals surface area contributed by atoms with E-state index in [2.05, 4.69) is 12.1 Å². The molecule has 0 radical (unpaired) electrons. The highest BCUT2D eigenvalue weighted by Crippen LogP contribution is 2.20. The highest BCUT2D eigenvalue weighted by molar-refractivity contribution is 5.83. The predicted octanol–water partition coefficient (Wildman–Crippen LogP) is 2.84. The molecule has 0 spiro atoms. The van der Waals surface area contributed by atoms with Crippen LogP contribution in [-0.4, -0.2) is 27.1 Å². The maximum Gasteiger partial charge on any atom is 0.191 e. The lowest BCUT2D eigenvalue weighted by Gasteiger charge is -2.14. The second-order valence-electron chi connectivity index (χ2n) is 3.72. The third-order valence-electron chi connectivity index (χ3n) is 2.63. The van der Waals surface area contributed by atoms with E-state index in [9.17, 15) is 0 Å². The molecule has 0 aromatic heterocycles. The summed E-state index contributed by atoms with van der Waals surface area (Å²) in [6, 6.07) is 14.2. The van der Waals surface area contributed by atoms with Crippen molar-refractivity contribution in [3.05, 3.63) is 42.5 Å². The topological polar surface area (TPSA) is 27.7 Å². The van der Waals surface area contributed by atoms with Gasteiger partial charge in [0.15, 0.2) is 6.29 Å². The van der Waals surface area contributed by atoms with Crippen LogP contribution in [0.3, 0.4) is 0 Å². The smallest absolute Gasteiger partial charge is 0.191 e. The van der Waals surface area contributed by atoms with Crippen LogP contribution in [-0.2, 0) is 9.47 Å². The van der Waals surface area contributed by atoms with Gasteiger partial charge in [0.1, 0.15) is 12.4 Å². The second-order valence-corrected chi connectivity index (χ2v) is 3.72. The molecule has 17 heavy (non-hydrogen) atoms. The van der Waals surface area contributed by atoms with Crippen LogP contribution in [0.25, 0.3) is 10.8 Å². The maximum absolute atomic E-state index is 5.61. The third-order valence-corrected chi connectivity index (χ3v) is 2.63. The second kappa shape index (κ2) is 5.66. The molecule has 0 N–H and O–H groups in total. The Morgan fingerprint density at radius 1 is 0.941 bits per heavy atom. The van der Waals surface area contributed by atoms with Gasteiger partial charge in [-0.1, -0.05) is 30.3 Å². The molecule has 0 fully saturated rings. The summed E-state index contributed by atoms with van der Waals surface area (Å²) >= 11 is 0. The largest absolute Gasteiger partial charge is 0.488 e. The lowest BCUT2D eigenvalue weighted by Crippen LogP contribution is -2.21. The van der Waals surface area contributed by atoms with Crippen molar-refractivity contribution in [1.29, 1.82) is 0 Å². The molecule has 90 valence electrons. The minimum Gasteiger partial charge on any atom is -0.488 e. The fourth-order valence-electron chi connectivity index (χ4n) is 1.65. The Morgan fingerprint density at radius 3 is 2.35 bits per heavy atom. The Bertz CT molecular complexity index is 478. The standard InChI is InChI=1S/C14H16O3/c1-15-14(16-2)10-17-13-8-7-11-5-3-4-6-12(11)9-13/h3-9,14H,10H2,1-2H3. The first-order valence-electron chi connectivity index (χ1n) is 5.50. The van der Waals surface area contributed by atoms with E-state index in [0.717, 1.165) is 11.1 Å². The van der Waals surface area contributed by atoms with E-state index in [0.29, 0.717) is 6.61 Å². The van der Waals surface area contributed by atoms with Crippen molar-refractivity contribution < 1.29 is 14.2 Å². The average molecular weight is 232 g/mol. The summed E-state index contributed by atoms with van der Waals surface area (Å²) in [5, 5.41) is 2.37. The molecule has 0 saturated heterocycles. The predicted molar refractivity (Wildman–Crippen MR) is 67.2 cm³/mol. The van der Waals surface area contributed by atoms with E-state index in [4.69, 9.17) is 14.2 Å². The zero-order chi connectivity index (χ0) is 12.1. The molecule has 0 saturated carbocycles. The normalized spacial score (nSPS) is 11.0. The summed E-state index contributed by atoms with van der Waals surface area (Å²) in [4.78, 5) is 0. The Hall–Kier alpha value is -1.58.